The molecule has 0 aliphatic heterocycles. The molecule has 5 nitrogen and oxygen atoms in total. The van der Waals surface area contributed by atoms with Crippen molar-refractivity contribution in [3.63, 3.8) is 0 Å². The van der Waals surface area contributed by atoms with Crippen LogP contribution in [-0.4, -0.2) is 28.9 Å². The molecule has 0 fully saturated rings. The van der Waals surface area contributed by atoms with Crippen LogP contribution in [0.25, 0.3) is 0 Å². The molecule has 0 spiro atoms. The molecule has 0 amide bonds. The van der Waals surface area contributed by atoms with E-state index in [0.29, 0.717) is 38.5 Å². The van der Waals surface area contributed by atoms with Gasteiger partial charge < -0.3 is 0 Å². The zero-order chi connectivity index (χ0) is 63.0. The lowest BCUT2D eigenvalue weighted by atomic mass is 9.49. The molecule has 0 saturated carbocycles. The van der Waals surface area contributed by atoms with Gasteiger partial charge in [-0.25, -0.2) is 0 Å². The highest BCUT2D eigenvalue weighted by Crippen LogP contribution is 2.52. The number of rotatable bonds is 74. The van der Waals surface area contributed by atoms with Gasteiger partial charge in [-0.05, 0) is 38.5 Å². The van der Waals surface area contributed by atoms with E-state index in [4.69, 9.17) is 0 Å². The lowest BCUT2D eigenvalue weighted by Gasteiger charge is -2.46. The first kappa shape index (κ1) is 84.3. The molecule has 0 heterocycles. The Hall–Kier alpha value is -1.65. The van der Waals surface area contributed by atoms with Crippen LogP contribution in [0.4, 0.5) is 0 Å². The molecule has 0 N–H and O–H groups in total. The average molecular weight is 1210 g/mol. The van der Waals surface area contributed by atoms with Gasteiger partial charge in [-0.3, -0.25) is 24.0 Å². The molecule has 0 aliphatic rings. The first-order valence-corrected chi connectivity index (χ1v) is 39.9. The van der Waals surface area contributed by atoms with E-state index in [1.807, 2.05) is 0 Å². The van der Waals surface area contributed by atoms with E-state index in [2.05, 4.69) is 41.5 Å². The summed E-state index contributed by atoms with van der Waals surface area (Å²) in [5.74, 6) is -1.56. The lowest BCUT2D eigenvalue weighted by molar-refractivity contribution is -0.172. The van der Waals surface area contributed by atoms with Crippen LogP contribution >= 0.6 is 0 Å². The monoisotopic (exact) mass is 1210 g/mol. The highest BCUT2D eigenvalue weighted by atomic mass is 16.2. The second-order valence-electron chi connectivity index (χ2n) is 28.1. The highest BCUT2D eigenvalue weighted by Gasteiger charge is 2.69. The molecule has 0 saturated heterocycles. The Labute approximate surface area is 539 Å². The molecular formula is C81H154O5. The van der Waals surface area contributed by atoms with Crippen LogP contribution < -0.4 is 0 Å². The maximum atomic E-state index is 16.3. The quantitative estimate of drug-likeness (QED) is 0.0447. The molecule has 0 aliphatic carbocycles. The molecule has 0 aromatic heterocycles. The fourth-order valence-electron chi connectivity index (χ4n) is 14.3. The van der Waals surface area contributed by atoms with Gasteiger partial charge in [-0.2, -0.15) is 0 Å². The van der Waals surface area contributed by atoms with Gasteiger partial charge in [0.05, 0.1) is 0 Å². The molecule has 86 heavy (non-hydrogen) atoms. The minimum absolute atomic E-state index is 0.0984. The van der Waals surface area contributed by atoms with Crippen molar-refractivity contribution in [2.24, 2.45) is 10.8 Å². The maximum absolute atomic E-state index is 16.3. The van der Waals surface area contributed by atoms with Crippen molar-refractivity contribution in [3.05, 3.63) is 0 Å². The van der Waals surface area contributed by atoms with E-state index < -0.39 is 10.8 Å². The average Bonchev–Trinajstić information content (AvgIpc) is 1.17. The van der Waals surface area contributed by atoms with Crippen LogP contribution in [-0.2, 0) is 24.0 Å². The van der Waals surface area contributed by atoms with Gasteiger partial charge in [-0.15, -0.1) is 0 Å². The molecule has 0 aromatic carbocycles. The van der Waals surface area contributed by atoms with Gasteiger partial charge in [0.2, 0.25) is 0 Å². The summed E-state index contributed by atoms with van der Waals surface area (Å²) in [7, 11) is 0. The van der Waals surface area contributed by atoms with Gasteiger partial charge in [-0.1, -0.05) is 408 Å². The van der Waals surface area contributed by atoms with Gasteiger partial charge >= 0.3 is 0 Å². The topological polar surface area (TPSA) is 85.3 Å². The molecule has 0 aromatic rings. The molecule has 0 radical (unpaired) electrons. The van der Waals surface area contributed by atoms with Crippen LogP contribution in [0.5, 0.6) is 0 Å². The van der Waals surface area contributed by atoms with E-state index in [1.165, 1.54) is 244 Å². The predicted octanol–water partition coefficient (Wildman–Crippen LogP) is 27.5. The number of unbranched alkanes of at least 4 members (excludes halogenated alkanes) is 56. The Bertz CT molecular complexity index is 1500. The zero-order valence-corrected chi connectivity index (χ0v) is 59.6. The van der Waals surface area contributed by atoms with Crippen LogP contribution in [0.2, 0.25) is 0 Å². The first-order valence-electron chi connectivity index (χ1n) is 39.9. The Balaban J connectivity index is 7.56. The Morgan fingerprint density at radius 1 is 0.163 bits per heavy atom. The number of carbonyl (C=O) groups excluding carboxylic acids is 5. The van der Waals surface area contributed by atoms with Crippen molar-refractivity contribution in [2.45, 2.75) is 478 Å². The molecule has 0 rings (SSSR count). The van der Waals surface area contributed by atoms with E-state index in [0.717, 1.165) is 116 Å². The summed E-state index contributed by atoms with van der Waals surface area (Å²) >= 11 is 0. The zero-order valence-electron chi connectivity index (χ0n) is 59.6. The molecule has 2 unspecified atom stereocenters. The predicted molar refractivity (Wildman–Crippen MR) is 378 cm³/mol. The van der Waals surface area contributed by atoms with E-state index in [1.54, 1.807) is 0 Å². The van der Waals surface area contributed by atoms with Crippen molar-refractivity contribution in [1.82, 2.24) is 0 Å². The van der Waals surface area contributed by atoms with Crippen LogP contribution in [0.1, 0.15) is 478 Å². The Kier molecular flexibility index (Phi) is 63.6. The van der Waals surface area contributed by atoms with Crippen LogP contribution in [0.15, 0.2) is 0 Å². The van der Waals surface area contributed by atoms with Crippen LogP contribution in [0.3, 0.4) is 0 Å². The highest BCUT2D eigenvalue weighted by molar-refractivity contribution is 6.32. The van der Waals surface area contributed by atoms with Crippen molar-refractivity contribution in [2.75, 3.05) is 0 Å². The fourth-order valence-corrected chi connectivity index (χ4v) is 14.3. The van der Waals surface area contributed by atoms with Crippen molar-refractivity contribution in [3.8, 4) is 0 Å². The van der Waals surface area contributed by atoms with Crippen LogP contribution in [0, 0.1) is 10.8 Å². The minimum atomic E-state index is -2.24. The van der Waals surface area contributed by atoms with E-state index in [9.17, 15) is 0 Å². The summed E-state index contributed by atoms with van der Waals surface area (Å²) in [6, 6.07) is 0. The molecule has 2 atom stereocenters. The summed E-state index contributed by atoms with van der Waals surface area (Å²) in [6.45, 7) is 13.6. The number of hydrogen-bond acceptors (Lipinski definition) is 5. The second-order valence-corrected chi connectivity index (χ2v) is 28.1. The summed E-state index contributed by atoms with van der Waals surface area (Å²) in [5, 5.41) is 0. The SMILES string of the molecule is CCCCCCCCCCCCCCC(=O)C(C(=O)CCCCCCCCCCCC)(C(=O)CCCCCCCCCCCCC)C(CCCCCCCCCCCCCC)(C(=O)CCCCCCCCCC)C(=O)CCCCCCCCCCC. The third-order valence-electron chi connectivity index (χ3n) is 20.0. The van der Waals surface area contributed by atoms with Crippen molar-refractivity contribution >= 4 is 28.9 Å². The summed E-state index contributed by atoms with van der Waals surface area (Å²) in [5.41, 5.74) is -4.18. The number of ketones is 5. The third kappa shape index (κ3) is 43.2. The second kappa shape index (κ2) is 64.9. The Morgan fingerprint density at radius 3 is 0.453 bits per heavy atom. The molecule has 508 valence electrons. The minimum Gasteiger partial charge on any atom is -0.299 e. The normalized spacial score (nSPS) is 13.1. The van der Waals surface area contributed by atoms with Crippen molar-refractivity contribution in [1.29, 1.82) is 0 Å². The smallest absolute Gasteiger partial charge is 0.165 e. The summed E-state index contributed by atoms with van der Waals surface area (Å²) < 4.78 is 0. The first-order chi connectivity index (χ1) is 42.2. The fraction of sp³-hybridized carbons (Fsp3) is 0.938. The summed E-state index contributed by atoms with van der Waals surface area (Å²) in [4.78, 5) is 81.3. The molecular weight excluding hydrogens is 1050 g/mol. The third-order valence-corrected chi connectivity index (χ3v) is 20.0. The number of hydrogen-bond donors (Lipinski definition) is 0. The lowest BCUT2D eigenvalue weighted by Crippen LogP contribution is -2.64. The van der Waals surface area contributed by atoms with E-state index in [-0.39, 0.29) is 67.4 Å². The largest absolute Gasteiger partial charge is 0.299 e. The van der Waals surface area contributed by atoms with Gasteiger partial charge in [0.1, 0.15) is 17.0 Å². The summed E-state index contributed by atoms with van der Waals surface area (Å²) in [6.07, 6.45) is 70.7. The van der Waals surface area contributed by atoms with Crippen molar-refractivity contribution < 1.29 is 24.0 Å². The maximum Gasteiger partial charge on any atom is 0.165 e. The van der Waals surface area contributed by atoms with Gasteiger partial charge in [0, 0.05) is 32.1 Å². The number of carbonyl (C=O) groups is 5. The number of Topliss-reactive ketones (excluding diaryl/α,β-unsaturated/α-hetero) is 5. The van der Waals surface area contributed by atoms with Gasteiger partial charge in [0.15, 0.2) is 22.8 Å². The molecule has 0 bridgehead atoms. The van der Waals surface area contributed by atoms with E-state index >= 15 is 24.0 Å². The molecule has 5 heteroatoms. The standard InChI is InChI=1S/C81H154O5/c1-7-13-19-25-31-37-41-44-49-55-61-67-73-79(86)81(77(84)71-65-59-53-47-40-34-28-22-16-10-4,78(85)72-66-60-54-48-43-39-33-27-21-15-9-3)80(75(82)69-63-57-51-36-30-24-18-12-6,76(83)70-64-58-52-46-35-29-23-17-11-5)74-68-62-56-50-45-42-38-32-26-20-14-8-2/h7-74H2,1-6H3. The van der Waals surface area contributed by atoms with Gasteiger partial charge in [0.25, 0.3) is 0 Å². The Morgan fingerprint density at radius 2 is 0.291 bits per heavy atom.